The Hall–Kier alpha value is -4.07. The first-order chi connectivity index (χ1) is 16.9. The Morgan fingerprint density at radius 3 is 2.33 bits per heavy atom. The van der Waals surface area contributed by atoms with Crippen molar-refractivity contribution in [2.24, 2.45) is 0 Å². The quantitative estimate of drug-likeness (QED) is 0.143. The van der Waals surface area contributed by atoms with Crippen molar-refractivity contribution < 1.29 is 48.6 Å². The average Bonchev–Trinajstić information content (AvgIpc) is 2.84. The molecule has 194 valence electrons. The molecule has 15 nitrogen and oxygen atoms in total. The number of nitrogens with zero attached hydrogens (tertiary/aromatic N) is 2. The fraction of sp³-hybridized carbons (Fsp3) is 0.300. The summed E-state index contributed by atoms with van der Waals surface area (Å²) in [5, 5.41) is 44.8. The van der Waals surface area contributed by atoms with E-state index in [1.54, 1.807) is 30.3 Å². The first-order valence-electron chi connectivity index (χ1n) is 10.1. The number of methoxy groups -OCH3 is 1. The molecule has 0 radical (unpaired) electrons. The normalized spacial score (nSPS) is 14.1. The van der Waals surface area contributed by atoms with E-state index in [-0.39, 0.29) is 6.61 Å². The summed E-state index contributed by atoms with van der Waals surface area (Å²) in [6.45, 7) is -0.136. The van der Waals surface area contributed by atoms with Crippen molar-refractivity contribution in [3.8, 4) is 5.75 Å². The summed E-state index contributed by atoms with van der Waals surface area (Å²) < 4.78 is 22.3. The number of non-ortho nitro benzene ring substituents is 1. The molecule has 0 heterocycles. The van der Waals surface area contributed by atoms with Crippen LogP contribution in [0.2, 0.25) is 0 Å². The molecule has 0 aliphatic carbocycles. The van der Waals surface area contributed by atoms with Crippen LogP contribution in [0, 0.1) is 20.2 Å². The van der Waals surface area contributed by atoms with E-state index < -0.39 is 76.4 Å². The van der Waals surface area contributed by atoms with E-state index in [2.05, 4.69) is 10.1 Å². The lowest BCUT2D eigenvalue weighted by atomic mass is 10.1. The number of phenolic OH excluding ortho intramolecular Hbond substituents is 1. The number of ether oxygens (including phenoxy) is 2. The number of carbonyl (C=O) groups excluding carboxylic acids is 2. The summed E-state index contributed by atoms with van der Waals surface area (Å²) in [7, 11) is -3.79. The minimum absolute atomic E-state index is 0.136. The number of carbonyl (C=O) groups is 2. The number of hydrogen-bond acceptors (Lipinski definition) is 11. The molecule has 0 aliphatic rings. The molecule has 2 aromatic carbocycles. The predicted octanol–water partition coefficient (Wildman–Crippen LogP) is 2.33. The average molecular weight is 527 g/mol. The van der Waals surface area contributed by atoms with Crippen molar-refractivity contribution in [1.82, 2.24) is 5.32 Å². The van der Waals surface area contributed by atoms with Gasteiger partial charge >= 0.3 is 17.7 Å². The van der Waals surface area contributed by atoms with E-state index in [1.165, 1.54) is 0 Å². The summed E-state index contributed by atoms with van der Waals surface area (Å²) in [5.41, 5.74) is -2.35. The van der Waals surface area contributed by atoms with Crippen molar-refractivity contribution >= 4 is 30.8 Å². The Kier molecular flexibility index (Phi) is 9.44. The minimum Gasteiger partial charge on any atom is -0.502 e. The number of nitrogens with one attached hydrogen (secondary N) is 1. The molecule has 2 unspecified atom stereocenters. The van der Waals surface area contributed by atoms with E-state index in [9.17, 15) is 49.5 Å². The number of nitro benzene ring substituents is 2. The molecule has 36 heavy (non-hydrogen) atoms. The van der Waals surface area contributed by atoms with Gasteiger partial charge in [-0.25, -0.2) is 9.59 Å². The number of phenols is 1. The molecular formula is C20H22N3O12P. The van der Waals surface area contributed by atoms with Gasteiger partial charge in [-0.15, -0.1) is 0 Å². The number of rotatable bonds is 11. The van der Waals surface area contributed by atoms with Crippen LogP contribution in [0.15, 0.2) is 42.5 Å². The Balaban J connectivity index is 2.17. The molecule has 3 atom stereocenters. The van der Waals surface area contributed by atoms with Crippen LogP contribution in [0.3, 0.4) is 0 Å². The van der Waals surface area contributed by atoms with Crippen LogP contribution < -0.4 is 5.32 Å². The number of alkyl carbamates (subject to hydrolysis) is 1. The first kappa shape index (κ1) is 28.2. The fourth-order valence-electron chi connectivity index (χ4n) is 3.02. The Bertz CT molecular complexity index is 1190. The lowest BCUT2D eigenvalue weighted by Gasteiger charge is -2.22. The summed E-state index contributed by atoms with van der Waals surface area (Å²) in [4.78, 5) is 54.5. The van der Waals surface area contributed by atoms with Crippen LogP contribution in [0.5, 0.6) is 5.75 Å². The maximum atomic E-state index is 12.8. The summed E-state index contributed by atoms with van der Waals surface area (Å²) in [5.74, 6) is -4.73. The van der Waals surface area contributed by atoms with E-state index in [0.29, 0.717) is 17.7 Å². The standard InChI is InChI=1S/C20H22N3O12P/c1-34-18(25)15(21-20(27)35-11-12-5-3-2-4-6-12)7-8-36(32,33)19(26)14-9-13(22(28)29)10-16(17(14)24)23(30)31/h2-6,9-10,15,19,24,26H,7-8,11H2,1H3,(H,21,27)(H,32,33)/t15-,19?/m0/s1. The first-order valence-corrected chi connectivity index (χ1v) is 12.0. The Morgan fingerprint density at radius 1 is 1.14 bits per heavy atom. The molecule has 0 saturated carbocycles. The molecule has 0 spiro atoms. The zero-order valence-corrected chi connectivity index (χ0v) is 19.6. The highest BCUT2D eigenvalue weighted by atomic mass is 31.2. The van der Waals surface area contributed by atoms with Crippen LogP contribution in [0.1, 0.15) is 23.4 Å². The third-order valence-corrected chi connectivity index (χ3v) is 6.84. The minimum atomic E-state index is -4.79. The molecule has 2 aromatic rings. The monoisotopic (exact) mass is 527 g/mol. The van der Waals surface area contributed by atoms with Gasteiger partial charge in [-0.2, -0.15) is 0 Å². The summed E-state index contributed by atoms with van der Waals surface area (Å²) in [6.07, 6.45) is -2.46. The van der Waals surface area contributed by atoms with Gasteiger partial charge in [0.1, 0.15) is 12.6 Å². The molecule has 16 heteroatoms. The highest BCUT2D eigenvalue weighted by Gasteiger charge is 2.38. The van der Waals surface area contributed by atoms with Crippen molar-refractivity contribution in [2.75, 3.05) is 13.3 Å². The van der Waals surface area contributed by atoms with Gasteiger partial charge in [0.2, 0.25) is 13.1 Å². The summed E-state index contributed by atoms with van der Waals surface area (Å²) >= 11 is 0. The molecule has 0 bridgehead atoms. The number of nitro groups is 2. The number of amides is 1. The van der Waals surface area contributed by atoms with E-state index in [1.807, 2.05) is 0 Å². The predicted molar refractivity (Wildman–Crippen MR) is 121 cm³/mol. The Morgan fingerprint density at radius 2 is 1.78 bits per heavy atom. The topological polar surface area (TPSA) is 229 Å². The van der Waals surface area contributed by atoms with Gasteiger partial charge in [0.25, 0.3) is 5.69 Å². The third kappa shape index (κ3) is 7.21. The largest absolute Gasteiger partial charge is 0.502 e. The number of aromatic hydroxyl groups is 1. The smallest absolute Gasteiger partial charge is 0.408 e. The molecule has 1 amide bonds. The number of aliphatic hydroxyl groups is 1. The van der Waals surface area contributed by atoms with Gasteiger partial charge < -0.3 is 29.9 Å². The number of hydrogen-bond donors (Lipinski definition) is 4. The van der Waals surface area contributed by atoms with Crippen LogP contribution in [0.4, 0.5) is 16.2 Å². The van der Waals surface area contributed by atoms with Crippen LogP contribution in [-0.4, -0.2) is 56.3 Å². The van der Waals surface area contributed by atoms with Crippen molar-refractivity contribution in [3.05, 3.63) is 73.8 Å². The van der Waals surface area contributed by atoms with E-state index in [4.69, 9.17) is 4.74 Å². The molecule has 0 fully saturated rings. The van der Waals surface area contributed by atoms with Crippen molar-refractivity contribution in [1.29, 1.82) is 0 Å². The van der Waals surface area contributed by atoms with Gasteiger partial charge in [0.15, 0.2) is 5.85 Å². The second-order valence-corrected chi connectivity index (χ2v) is 9.79. The van der Waals surface area contributed by atoms with E-state index in [0.717, 1.165) is 7.11 Å². The molecule has 0 aliphatic heterocycles. The summed E-state index contributed by atoms with van der Waals surface area (Å²) in [6, 6.07) is 8.00. The zero-order chi connectivity index (χ0) is 27.0. The second kappa shape index (κ2) is 12.1. The maximum absolute atomic E-state index is 12.8. The lowest BCUT2D eigenvalue weighted by molar-refractivity contribution is -0.394. The van der Waals surface area contributed by atoms with Crippen molar-refractivity contribution in [2.45, 2.75) is 24.9 Å². The van der Waals surface area contributed by atoms with Gasteiger partial charge in [0, 0.05) is 17.8 Å². The third-order valence-electron chi connectivity index (χ3n) is 4.90. The van der Waals surface area contributed by atoms with Gasteiger partial charge in [-0.3, -0.25) is 24.8 Å². The fourth-order valence-corrected chi connectivity index (χ4v) is 4.52. The van der Waals surface area contributed by atoms with Gasteiger partial charge in [-0.05, 0) is 12.0 Å². The van der Waals surface area contributed by atoms with Crippen LogP contribution >= 0.6 is 7.37 Å². The van der Waals surface area contributed by atoms with E-state index >= 15 is 0 Å². The Labute approximate surface area is 203 Å². The molecule has 0 aromatic heterocycles. The number of benzene rings is 2. The highest BCUT2D eigenvalue weighted by molar-refractivity contribution is 7.58. The van der Waals surface area contributed by atoms with Crippen molar-refractivity contribution in [3.63, 3.8) is 0 Å². The maximum Gasteiger partial charge on any atom is 0.408 e. The number of aliphatic hydroxyl groups excluding tert-OH is 1. The van der Waals surface area contributed by atoms with Crippen LogP contribution in [-0.2, 0) is 25.4 Å². The van der Waals surface area contributed by atoms with Crippen LogP contribution in [0.25, 0.3) is 0 Å². The highest BCUT2D eigenvalue weighted by Crippen LogP contribution is 2.57. The van der Waals surface area contributed by atoms with Gasteiger partial charge in [-0.1, -0.05) is 30.3 Å². The van der Waals surface area contributed by atoms with Gasteiger partial charge in [0.05, 0.1) is 23.0 Å². The second-order valence-electron chi connectivity index (χ2n) is 7.34. The molecule has 4 N–H and O–H groups in total. The lowest BCUT2D eigenvalue weighted by Crippen LogP contribution is -2.42. The molecular weight excluding hydrogens is 505 g/mol. The molecule has 2 rings (SSSR count). The number of esters is 1. The SMILES string of the molecule is COC(=O)[C@H](CCP(=O)(O)C(O)c1cc([N+](=O)[O-])cc([N+](=O)[O-])c1O)NC(=O)OCc1ccccc1. The zero-order valence-electron chi connectivity index (χ0n) is 18.7. The molecule has 0 saturated heterocycles.